The predicted molar refractivity (Wildman–Crippen MR) is 158 cm³/mol. The minimum Gasteiger partial charge on any atom is -0.466 e. The van der Waals surface area contributed by atoms with Crippen LogP contribution in [0.3, 0.4) is 0 Å². The summed E-state index contributed by atoms with van der Waals surface area (Å²) in [5.74, 6) is -0.963. The molecular formula is C33H37F4NO4S. The van der Waals surface area contributed by atoms with E-state index in [1.165, 1.54) is 10.4 Å². The zero-order valence-electron chi connectivity index (χ0n) is 24.5. The van der Waals surface area contributed by atoms with E-state index in [1.54, 1.807) is 19.1 Å². The molecule has 1 heterocycles. The highest BCUT2D eigenvalue weighted by atomic mass is 32.2. The Balaban J connectivity index is 1.75. The van der Waals surface area contributed by atoms with Crippen LogP contribution in [-0.2, 0) is 32.4 Å². The normalized spacial score (nSPS) is 17.2. The number of hydrogen-bond donors (Lipinski definition) is 0. The highest BCUT2D eigenvalue weighted by Crippen LogP contribution is 2.37. The Morgan fingerprint density at radius 2 is 1.74 bits per heavy atom. The number of halogens is 4. The van der Waals surface area contributed by atoms with Crippen molar-refractivity contribution >= 4 is 16.0 Å². The van der Waals surface area contributed by atoms with Crippen LogP contribution in [0.4, 0.5) is 17.6 Å². The lowest BCUT2D eigenvalue weighted by Crippen LogP contribution is -2.39. The molecule has 2 atom stereocenters. The molecular weight excluding hydrogens is 582 g/mol. The molecule has 0 aromatic heterocycles. The first-order valence-electron chi connectivity index (χ1n) is 14.5. The van der Waals surface area contributed by atoms with E-state index in [1.807, 2.05) is 44.2 Å². The molecule has 0 radical (unpaired) electrons. The second-order valence-electron chi connectivity index (χ2n) is 11.4. The van der Waals surface area contributed by atoms with Gasteiger partial charge in [0.05, 0.1) is 23.0 Å². The van der Waals surface area contributed by atoms with Crippen LogP contribution in [0, 0.1) is 5.92 Å². The van der Waals surface area contributed by atoms with Crippen molar-refractivity contribution in [1.29, 1.82) is 0 Å². The van der Waals surface area contributed by atoms with E-state index in [0.717, 1.165) is 34.4 Å². The second-order valence-corrected chi connectivity index (χ2v) is 13.3. The number of nitrogens with zero attached hydrogens (tertiary/aromatic N) is 1. The maximum absolute atomic E-state index is 13.5. The number of benzene rings is 3. The van der Waals surface area contributed by atoms with E-state index in [2.05, 4.69) is 0 Å². The maximum atomic E-state index is 13.5. The number of alkyl halides is 4. The fraction of sp³-hybridized carbons (Fsp3) is 0.424. The van der Waals surface area contributed by atoms with Crippen LogP contribution in [0.5, 0.6) is 0 Å². The minimum absolute atomic E-state index is 0.0799. The van der Waals surface area contributed by atoms with E-state index in [0.29, 0.717) is 30.9 Å². The average Bonchev–Trinajstić information content (AvgIpc) is 2.99. The molecule has 0 bridgehead atoms. The van der Waals surface area contributed by atoms with E-state index in [-0.39, 0.29) is 37.5 Å². The molecule has 5 nitrogen and oxygen atoms in total. The van der Waals surface area contributed by atoms with Crippen LogP contribution in [0.1, 0.15) is 74.1 Å². The molecule has 1 saturated heterocycles. The third kappa shape index (κ3) is 7.84. The van der Waals surface area contributed by atoms with E-state index in [4.69, 9.17) is 4.74 Å². The molecule has 1 aliphatic rings. The van der Waals surface area contributed by atoms with Crippen molar-refractivity contribution in [3.63, 3.8) is 0 Å². The maximum Gasteiger partial charge on any atom is 0.416 e. The smallest absolute Gasteiger partial charge is 0.416 e. The van der Waals surface area contributed by atoms with Crippen molar-refractivity contribution in [2.45, 2.75) is 69.6 Å². The number of sulfonamides is 1. The molecule has 0 N–H and O–H groups in total. The highest BCUT2D eigenvalue weighted by molar-refractivity contribution is 7.89. The SMILES string of the molecule is CCOC(=O)C(CC(C)C)c1cc(-c2ccc(CF)cc2)cc(C2CCCN(S(=O)(=O)c3cccc(C(F)(F)F)c3)C2)c1. The number of carbonyl (C=O) groups is 1. The van der Waals surface area contributed by atoms with Crippen molar-refractivity contribution in [2.24, 2.45) is 5.92 Å². The first kappa shape index (κ1) is 32.7. The summed E-state index contributed by atoms with van der Waals surface area (Å²) in [6, 6.07) is 16.6. The molecule has 3 aromatic carbocycles. The lowest BCUT2D eigenvalue weighted by molar-refractivity contribution is -0.145. The van der Waals surface area contributed by atoms with Crippen LogP contribution in [-0.4, -0.2) is 38.4 Å². The second kappa shape index (κ2) is 13.6. The minimum atomic E-state index is -4.67. The Bertz CT molecular complexity index is 1520. The van der Waals surface area contributed by atoms with Gasteiger partial charge in [-0.2, -0.15) is 17.5 Å². The van der Waals surface area contributed by atoms with Crippen molar-refractivity contribution in [3.05, 3.63) is 89.0 Å². The topological polar surface area (TPSA) is 63.7 Å². The van der Waals surface area contributed by atoms with Crippen LogP contribution in [0.15, 0.2) is 71.6 Å². The summed E-state index contributed by atoms with van der Waals surface area (Å²) in [6.45, 7) is 5.69. The van der Waals surface area contributed by atoms with Gasteiger partial charge >= 0.3 is 12.1 Å². The van der Waals surface area contributed by atoms with Gasteiger partial charge in [-0.1, -0.05) is 62.4 Å². The third-order valence-electron chi connectivity index (χ3n) is 7.75. The molecule has 3 aromatic rings. The molecule has 4 rings (SSSR count). The fourth-order valence-electron chi connectivity index (χ4n) is 5.56. The zero-order chi connectivity index (χ0) is 31.4. The van der Waals surface area contributed by atoms with Crippen LogP contribution in [0.25, 0.3) is 11.1 Å². The lowest BCUT2D eigenvalue weighted by Gasteiger charge is -2.33. The summed E-state index contributed by atoms with van der Waals surface area (Å²) < 4.78 is 86.9. The molecule has 1 aliphatic heterocycles. The summed E-state index contributed by atoms with van der Waals surface area (Å²) in [4.78, 5) is 12.7. The number of rotatable bonds is 10. The van der Waals surface area contributed by atoms with E-state index in [9.17, 15) is 30.8 Å². The number of carbonyl (C=O) groups excluding carboxylic acids is 1. The highest BCUT2D eigenvalue weighted by Gasteiger charge is 2.35. The Kier molecular flexibility index (Phi) is 10.3. The molecule has 232 valence electrons. The van der Waals surface area contributed by atoms with Gasteiger partial charge in [-0.05, 0) is 84.0 Å². The van der Waals surface area contributed by atoms with Gasteiger partial charge in [0, 0.05) is 13.1 Å². The van der Waals surface area contributed by atoms with Gasteiger partial charge in [0.1, 0.15) is 6.67 Å². The lowest BCUT2D eigenvalue weighted by atomic mass is 9.83. The van der Waals surface area contributed by atoms with Gasteiger partial charge in [-0.15, -0.1) is 0 Å². The van der Waals surface area contributed by atoms with Crippen LogP contribution >= 0.6 is 0 Å². The largest absolute Gasteiger partial charge is 0.466 e. The Morgan fingerprint density at radius 1 is 1.02 bits per heavy atom. The molecule has 2 unspecified atom stereocenters. The van der Waals surface area contributed by atoms with E-state index >= 15 is 0 Å². The summed E-state index contributed by atoms with van der Waals surface area (Å²) in [7, 11) is -4.20. The summed E-state index contributed by atoms with van der Waals surface area (Å²) in [6.07, 6.45) is -2.95. The fourth-order valence-corrected chi connectivity index (χ4v) is 7.13. The molecule has 10 heteroatoms. The molecule has 0 spiro atoms. The van der Waals surface area contributed by atoms with Gasteiger partial charge < -0.3 is 4.74 Å². The van der Waals surface area contributed by atoms with Gasteiger partial charge in [-0.25, -0.2) is 12.8 Å². The van der Waals surface area contributed by atoms with Gasteiger partial charge in [-0.3, -0.25) is 4.79 Å². The number of hydrogen-bond acceptors (Lipinski definition) is 4. The number of ether oxygens (including phenoxy) is 1. The van der Waals surface area contributed by atoms with Crippen molar-refractivity contribution in [2.75, 3.05) is 19.7 Å². The number of esters is 1. The Morgan fingerprint density at radius 3 is 2.37 bits per heavy atom. The monoisotopic (exact) mass is 619 g/mol. The quantitative estimate of drug-likeness (QED) is 0.170. The Labute approximate surface area is 250 Å². The van der Waals surface area contributed by atoms with Gasteiger partial charge in [0.15, 0.2) is 0 Å². The first-order valence-corrected chi connectivity index (χ1v) is 15.9. The predicted octanol–water partition coefficient (Wildman–Crippen LogP) is 8.10. The van der Waals surface area contributed by atoms with Crippen LogP contribution < -0.4 is 0 Å². The molecule has 0 saturated carbocycles. The van der Waals surface area contributed by atoms with E-state index < -0.39 is 39.3 Å². The molecule has 1 fully saturated rings. The van der Waals surface area contributed by atoms with Crippen molar-refractivity contribution in [1.82, 2.24) is 4.31 Å². The average molecular weight is 620 g/mol. The van der Waals surface area contributed by atoms with Crippen molar-refractivity contribution in [3.8, 4) is 11.1 Å². The molecule has 43 heavy (non-hydrogen) atoms. The molecule has 0 aliphatic carbocycles. The standard InChI is InChI=1S/C33H37F4NO4S/c1-4-42-32(39)31(15-22(2)3)28-17-26(24-12-10-23(20-34)11-13-24)16-27(18-28)25-7-6-14-38(21-25)43(40,41)30-9-5-8-29(19-30)33(35,36)37/h5,8-13,16-19,22,25,31H,4,6-7,14-15,20-21H2,1-3H3. The summed E-state index contributed by atoms with van der Waals surface area (Å²) >= 11 is 0. The van der Waals surface area contributed by atoms with Crippen molar-refractivity contribution < 1.29 is 35.5 Å². The zero-order valence-corrected chi connectivity index (χ0v) is 25.3. The summed E-state index contributed by atoms with van der Waals surface area (Å²) in [5.41, 5.74) is 2.70. The summed E-state index contributed by atoms with van der Waals surface area (Å²) in [5, 5.41) is 0. The first-order chi connectivity index (χ1) is 20.3. The van der Waals surface area contributed by atoms with Crippen LogP contribution in [0.2, 0.25) is 0 Å². The number of piperidine rings is 1. The van der Waals surface area contributed by atoms with Gasteiger partial charge in [0.25, 0.3) is 0 Å². The molecule has 0 amide bonds. The third-order valence-corrected chi connectivity index (χ3v) is 9.62. The Hall–Kier alpha value is -3.24. The van der Waals surface area contributed by atoms with Gasteiger partial charge in [0.2, 0.25) is 10.0 Å².